The molecule has 0 fully saturated rings. The van der Waals surface area contributed by atoms with Crippen molar-refractivity contribution in [3.63, 3.8) is 0 Å². The van der Waals surface area contributed by atoms with E-state index in [1.165, 1.54) is 0 Å². The number of aromatic nitrogens is 2. The number of benzene rings is 1. The number of primary amides is 1. The Morgan fingerprint density at radius 2 is 1.83 bits per heavy atom. The second kappa shape index (κ2) is 6.23. The molecular weight excluding hydrogens is 292 g/mol. The van der Waals surface area contributed by atoms with Crippen molar-refractivity contribution in [2.75, 3.05) is 0 Å². The van der Waals surface area contributed by atoms with Gasteiger partial charge in [0.25, 0.3) is 5.91 Å². The zero-order valence-corrected chi connectivity index (χ0v) is 12.1. The molecule has 0 aliphatic rings. The SMILES string of the molecule is NC(=O)C(NC(=O)c1ccc2ncccc2c1)c1ccccn1. The number of hydrogen-bond acceptors (Lipinski definition) is 4. The summed E-state index contributed by atoms with van der Waals surface area (Å²) in [5, 5.41) is 3.46. The minimum atomic E-state index is -0.978. The first-order valence-corrected chi connectivity index (χ1v) is 7.01. The fraction of sp³-hybridized carbons (Fsp3) is 0.0588. The van der Waals surface area contributed by atoms with E-state index in [2.05, 4.69) is 15.3 Å². The Labute approximate surface area is 132 Å². The molecule has 0 saturated heterocycles. The van der Waals surface area contributed by atoms with E-state index in [1.54, 1.807) is 54.9 Å². The highest BCUT2D eigenvalue weighted by Gasteiger charge is 2.22. The van der Waals surface area contributed by atoms with Gasteiger partial charge in [0.15, 0.2) is 6.04 Å². The molecule has 2 heterocycles. The Bertz CT molecular complexity index is 865. The lowest BCUT2D eigenvalue weighted by molar-refractivity contribution is -0.120. The first kappa shape index (κ1) is 14.6. The van der Waals surface area contributed by atoms with Crippen molar-refractivity contribution in [3.8, 4) is 0 Å². The van der Waals surface area contributed by atoms with Crippen LogP contribution in [0.25, 0.3) is 10.9 Å². The number of nitrogens with one attached hydrogen (secondary N) is 1. The zero-order valence-electron chi connectivity index (χ0n) is 12.1. The number of carbonyl (C=O) groups is 2. The summed E-state index contributed by atoms with van der Waals surface area (Å²) in [6.45, 7) is 0. The summed E-state index contributed by atoms with van der Waals surface area (Å²) in [4.78, 5) is 32.3. The summed E-state index contributed by atoms with van der Waals surface area (Å²) in [7, 11) is 0. The first-order chi connectivity index (χ1) is 11.1. The number of fused-ring (bicyclic) bond motifs is 1. The van der Waals surface area contributed by atoms with Gasteiger partial charge < -0.3 is 11.1 Å². The fourth-order valence-corrected chi connectivity index (χ4v) is 2.27. The van der Waals surface area contributed by atoms with Gasteiger partial charge in [0.2, 0.25) is 5.91 Å². The summed E-state index contributed by atoms with van der Waals surface area (Å²) < 4.78 is 0. The quantitative estimate of drug-likeness (QED) is 0.764. The molecule has 114 valence electrons. The van der Waals surface area contributed by atoms with Crippen LogP contribution in [0.5, 0.6) is 0 Å². The number of pyridine rings is 2. The minimum Gasteiger partial charge on any atom is -0.368 e. The second-order valence-corrected chi connectivity index (χ2v) is 4.97. The third-order valence-electron chi connectivity index (χ3n) is 3.41. The molecule has 3 aromatic rings. The predicted octanol–water partition coefficient (Wildman–Crippen LogP) is 1.59. The largest absolute Gasteiger partial charge is 0.368 e. The molecule has 1 unspecified atom stereocenters. The number of carbonyl (C=O) groups excluding carboxylic acids is 2. The van der Waals surface area contributed by atoms with Gasteiger partial charge in [-0.25, -0.2) is 0 Å². The van der Waals surface area contributed by atoms with E-state index < -0.39 is 17.9 Å². The van der Waals surface area contributed by atoms with Crippen LogP contribution in [0.3, 0.4) is 0 Å². The van der Waals surface area contributed by atoms with Gasteiger partial charge in [-0.15, -0.1) is 0 Å². The van der Waals surface area contributed by atoms with E-state index in [9.17, 15) is 9.59 Å². The summed E-state index contributed by atoms with van der Waals surface area (Å²) in [6, 6.07) is 12.9. The normalized spacial score (nSPS) is 11.8. The van der Waals surface area contributed by atoms with E-state index in [0.29, 0.717) is 11.3 Å². The van der Waals surface area contributed by atoms with Crippen molar-refractivity contribution in [1.29, 1.82) is 0 Å². The number of hydrogen-bond donors (Lipinski definition) is 2. The van der Waals surface area contributed by atoms with Gasteiger partial charge in [0.1, 0.15) is 0 Å². The number of nitrogens with two attached hydrogens (primary N) is 1. The van der Waals surface area contributed by atoms with Crippen LogP contribution < -0.4 is 11.1 Å². The third kappa shape index (κ3) is 3.16. The second-order valence-electron chi connectivity index (χ2n) is 4.97. The average molecular weight is 306 g/mol. The van der Waals surface area contributed by atoms with Crippen molar-refractivity contribution < 1.29 is 9.59 Å². The van der Waals surface area contributed by atoms with Gasteiger partial charge >= 0.3 is 0 Å². The number of rotatable bonds is 4. The lowest BCUT2D eigenvalue weighted by Gasteiger charge is -2.15. The molecule has 23 heavy (non-hydrogen) atoms. The Kier molecular flexibility index (Phi) is 3.97. The van der Waals surface area contributed by atoms with Crippen LogP contribution in [0.1, 0.15) is 22.1 Å². The van der Waals surface area contributed by atoms with E-state index in [1.807, 2.05) is 6.07 Å². The molecule has 0 aliphatic heterocycles. The molecule has 2 aromatic heterocycles. The fourth-order valence-electron chi connectivity index (χ4n) is 2.27. The minimum absolute atomic E-state index is 0.398. The molecule has 0 bridgehead atoms. The van der Waals surface area contributed by atoms with Crippen LogP contribution in [0.2, 0.25) is 0 Å². The van der Waals surface area contributed by atoms with Gasteiger partial charge in [-0.2, -0.15) is 0 Å². The molecule has 3 rings (SSSR count). The molecule has 6 nitrogen and oxygen atoms in total. The molecule has 3 N–H and O–H groups in total. The standard InChI is InChI=1S/C17H14N4O2/c18-16(22)15(14-5-1-2-8-20-14)21-17(23)12-6-7-13-11(10-12)4-3-9-19-13/h1-10,15H,(H2,18,22)(H,21,23). The van der Waals surface area contributed by atoms with Crippen molar-refractivity contribution in [3.05, 3.63) is 72.2 Å². The monoisotopic (exact) mass is 306 g/mol. The zero-order chi connectivity index (χ0) is 16.2. The Hall–Kier alpha value is -3.28. The average Bonchev–Trinajstić information content (AvgIpc) is 2.59. The molecule has 0 aliphatic carbocycles. The van der Waals surface area contributed by atoms with Gasteiger partial charge in [-0.05, 0) is 36.4 Å². The van der Waals surface area contributed by atoms with Gasteiger partial charge in [-0.1, -0.05) is 12.1 Å². The maximum atomic E-state index is 12.4. The molecule has 6 heteroatoms. The van der Waals surface area contributed by atoms with E-state index in [-0.39, 0.29) is 0 Å². The molecule has 1 atom stereocenters. The third-order valence-corrected chi connectivity index (χ3v) is 3.41. The van der Waals surface area contributed by atoms with Gasteiger partial charge in [-0.3, -0.25) is 19.6 Å². The summed E-state index contributed by atoms with van der Waals surface area (Å²) >= 11 is 0. The van der Waals surface area contributed by atoms with Crippen LogP contribution in [0, 0.1) is 0 Å². The van der Waals surface area contributed by atoms with Crippen LogP contribution in [-0.4, -0.2) is 21.8 Å². The Morgan fingerprint density at radius 3 is 2.57 bits per heavy atom. The van der Waals surface area contributed by atoms with Crippen LogP contribution >= 0.6 is 0 Å². The predicted molar refractivity (Wildman–Crippen MR) is 85.4 cm³/mol. The van der Waals surface area contributed by atoms with Crippen LogP contribution in [0.15, 0.2) is 60.9 Å². The molecule has 0 radical (unpaired) electrons. The first-order valence-electron chi connectivity index (χ1n) is 7.01. The lowest BCUT2D eigenvalue weighted by Crippen LogP contribution is -2.38. The maximum Gasteiger partial charge on any atom is 0.252 e. The molecule has 1 aromatic carbocycles. The van der Waals surface area contributed by atoms with Gasteiger partial charge in [0, 0.05) is 23.3 Å². The smallest absolute Gasteiger partial charge is 0.252 e. The summed E-state index contributed by atoms with van der Waals surface area (Å²) in [5.74, 6) is -1.07. The van der Waals surface area contributed by atoms with Crippen molar-refractivity contribution in [1.82, 2.24) is 15.3 Å². The highest BCUT2D eigenvalue weighted by atomic mass is 16.2. The van der Waals surface area contributed by atoms with Crippen molar-refractivity contribution in [2.24, 2.45) is 5.73 Å². The van der Waals surface area contributed by atoms with Gasteiger partial charge in [0.05, 0.1) is 11.2 Å². The molecule has 2 amide bonds. The van der Waals surface area contributed by atoms with Crippen LogP contribution in [-0.2, 0) is 4.79 Å². The van der Waals surface area contributed by atoms with Crippen LogP contribution in [0.4, 0.5) is 0 Å². The molecule has 0 saturated carbocycles. The highest BCUT2D eigenvalue weighted by molar-refractivity contribution is 6.00. The topological polar surface area (TPSA) is 98.0 Å². The summed E-state index contributed by atoms with van der Waals surface area (Å²) in [5.41, 5.74) is 7.00. The highest BCUT2D eigenvalue weighted by Crippen LogP contribution is 2.15. The molecular formula is C17H14N4O2. The number of amides is 2. The van der Waals surface area contributed by atoms with Crippen molar-refractivity contribution >= 4 is 22.7 Å². The van der Waals surface area contributed by atoms with E-state index in [4.69, 9.17) is 5.73 Å². The Morgan fingerprint density at radius 1 is 1.00 bits per heavy atom. The number of nitrogens with zero attached hydrogens (tertiary/aromatic N) is 2. The van der Waals surface area contributed by atoms with E-state index >= 15 is 0 Å². The maximum absolute atomic E-state index is 12.4. The van der Waals surface area contributed by atoms with Crippen molar-refractivity contribution in [2.45, 2.75) is 6.04 Å². The lowest BCUT2D eigenvalue weighted by atomic mass is 10.1. The van der Waals surface area contributed by atoms with E-state index in [0.717, 1.165) is 10.9 Å². The summed E-state index contributed by atoms with van der Waals surface area (Å²) in [6.07, 6.45) is 3.23. The Balaban J connectivity index is 1.87. The molecule has 0 spiro atoms.